The van der Waals surface area contributed by atoms with E-state index in [0.717, 1.165) is 0 Å². The highest BCUT2D eigenvalue weighted by Gasteiger charge is 2.24. The van der Waals surface area contributed by atoms with Gasteiger partial charge in [0.05, 0.1) is 32.3 Å². The average molecular weight is 736 g/mol. The zero-order valence-corrected chi connectivity index (χ0v) is 23.8. The van der Waals surface area contributed by atoms with Gasteiger partial charge in [0.1, 0.15) is 17.2 Å². The second-order valence-electron chi connectivity index (χ2n) is 8.44. The van der Waals surface area contributed by atoms with Gasteiger partial charge in [0.25, 0.3) is 0 Å². The van der Waals surface area contributed by atoms with E-state index in [1.54, 1.807) is 59.9 Å². The molecule has 6 N–H and O–H groups in total. The fourth-order valence-corrected chi connectivity index (χ4v) is 5.56. The Bertz CT molecular complexity index is 905. The van der Waals surface area contributed by atoms with Crippen molar-refractivity contribution in [2.75, 3.05) is 72.0 Å². The molecule has 202 valence electrons. The first-order valence-corrected chi connectivity index (χ1v) is 13.2. The van der Waals surface area contributed by atoms with Crippen LogP contribution in [0, 0.1) is 7.14 Å². The van der Waals surface area contributed by atoms with Crippen LogP contribution in [0.5, 0.6) is 17.2 Å². The molecule has 0 bridgehead atoms. The van der Waals surface area contributed by atoms with E-state index < -0.39 is 17.9 Å². The maximum absolute atomic E-state index is 11.4. The minimum atomic E-state index is -1.03. The predicted octanol–water partition coefficient (Wildman–Crippen LogP) is -0.0120. The summed E-state index contributed by atoms with van der Waals surface area (Å²) in [5, 5.41) is 59.2. The van der Waals surface area contributed by atoms with Crippen LogP contribution in [-0.2, 0) is 20.9 Å². The summed E-state index contributed by atoms with van der Waals surface area (Å²) < 4.78 is 0.385. The number of aromatic hydroxyl groups is 3. The van der Waals surface area contributed by atoms with Crippen LogP contribution < -0.4 is 0 Å². The van der Waals surface area contributed by atoms with Gasteiger partial charge in [-0.25, -0.2) is 0 Å². The lowest BCUT2D eigenvalue weighted by Crippen LogP contribution is -2.48. The van der Waals surface area contributed by atoms with Crippen LogP contribution in [0.15, 0.2) is 0 Å². The van der Waals surface area contributed by atoms with Crippen LogP contribution in [0.2, 0.25) is 0 Å². The fraction of sp³-hybridized carbons (Fsp3) is 0.571. The van der Waals surface area contributed by atoms with E-state index in [1.807, 2.05) is 4.90 Å². The Kier molecular flexibility index (Phi) is 12.2. The molecular formula is C21H30I2N4O9. The zero-order valence-electron chi connectivity index (χ0n) is 19.4. The normalized spacial score (nSPS) is 17.8. The highest BCUT2D eigenvalue weighted by molar-refractivity contribution is 14.1. The molecule has 1 aromatic carbocycles. The Morgan fingerprint density at radius 1 is 0.556 bits per heavy atom. The first-order valence-electron chi connectivity index (χ1n) is 11.0. The lowest BCUT2D eigenvalue weighted by atomic mass is 10.1. The molecular weight excluding hydrogens is 706 g/mol. The molecule has 1 fully saturated rings. The van der Waals surface area contributed by atoms with Crippen molar-refractivity contribution in [3.8, 4) is 17.2 Å². The van der Waals surface area contributed by atoms with Crippen molar-refractivity contribution in [3.63, 3.8) is 0 Å². The molecule has 0 spiro atoms. The van der Waals surface area contributed by atoms with Gasteiger partial charge in [-0.1, -0.05) is 0 Å². The molecule has 36 heavy (non-hydrogen) atoms. The third-order valence-electron chi connectivity index (χ3n) is 5.79. The van der Waals surface area contributed by atoms with Crippen LogP contribution >= 0.6 is 45.2 Å². The van der Waals surface area contributed by atoms with E-state index >= 15 is 0 Å². The van der Waals surface area contributed by atoms with Gasteiger partial charge in [-0.3, -0.25) is 34.0 Å². The molecule has 13 nitrogen and oxygen atoms in total. The summed E-state index contributed by atoms with van der Waals surface area (Å²) in [6.07, 6.45) is 0. The Hall–Kier alpha value is -1.67. The third-order valence-corrected chi connectivity index (χ3v) is 7.84. The summed E-state index contributed by atoms with van der Waals surface area (Å²) >= 11 is 3.56. The van der Waals surface area contributed by atoms with Gasteiger partial charge in [-0.05, 0) is 45.2 Å². The molecule has 0 aliphatic carbocycles. The summed E-state index contributed by atoms with van der Waals surface area (Å²) in [5.74, 6) is -3.82. The monoisotopic (exact) mass is 736 g/mol. The van der Waals surface area contributed by atoms with Crippen LogP contribution in [0.4, 0.5) is 0 Å². The highest BCUT2D eigenvalue weighted by atomic mass is 127. The number of hydrogen-bond donors (Lipinski definition) is 6. The van der Waals surface area contributed by atoms with Crippen molar-refractivity contribution < 1.29 is 45.0 Å². The van der Waals surface area contributed by atoms with E-state index in [-0.39, 0.29) is 82.3 Å². The van der Waals surface area contributed by atoms with Crippen molar-refractivity contribution in [1.82, 2.24) is 19.6 Å². The number of rotatable bonds is 8. The van der Waals surface area contributed by atoms with Crippen LogP contribution in [0.3, 0.4) is 0 Å². The van der Waals surface area contributed by atoms with Gasteiger partial charge in [0.2, 0.25) is 0 Å². The number of carboxylic acid groups (broad SMARTS) is 3. The molecule has 1 aliphatic heterocycles. The van der Waals surface area contributed by atoms with E-state index in [2.05, 4.69) is 0 Å². The largest absolute Gasteiger partial charge is 0.506 e. The minimum absolute atomic E-state index is 0.0803. The Morgan fingerprint density at radius 3 is 1.11 bits per heavy atom. The fourth-order valence-electron chi connectivity index (χ4n) is 3.86. The van der Waals surface area contributed by atoms with E-state index in [4.69, 9.17) is 0 Å². The molecule has 0 unspecified atom stereocenters. The standard InChI is InChI=1S/C21H30I2N4O9/c22-17-19(34)13(20(35)18(23)21(17)36)9-24-1-3-25(10-14(28)29)5-7-27(12-16(32)33)8-6-26(4-2-24)11-15(30)31/h34-36H,1-12H2,(H,28,29)(H,30,31)(H,32,33). The Labute approximate surface area is 235 Å². The van der Waals surface area contributed by atoms with E-state index in [0.29, 0.717) is 26.2 Å². The number of aliphatic carboxylic acids is 3. The third kappa shape index (κ3) is 9.33. The van der Waals surface area contributed by atoms with Crippen LogP contribution in [0.25, 0.3) is 0 Å². The average Bonchev–Trinajstić information content (AvgIpc) is 2.79. The zero-order chi connectivity index (χ0) is 27.0. The van der Waals surface area contributed by atoms with Gasteiger partial charge in [-0.2, -0.15) is 0 Å². The van der Waals surface area contributed by atoms with E-state index in [9.17, 15) is 45.0 Å². The summed E-state index contributed by atoms with van der Waals surface area (Å²) in [4.78, 5) is 41.0. The highest BCUT2D eigenvalue weighted by Crippen LogP contribution is 2.43. The van der Waals surface area contributed by atoms with Crippen molar-refractivity contribution in [1.29, 1.82) is 0 Å². The first kappa shape index (κ1) is 30.6. The lowest BCUT2D eigenvalue weighted by Gasteiger charge is -2.33. The van der Waals surface area contributed by atoms with Gasteiger partial charge >= 0.3 is 17.9 Å². The number of halogens is 2. The van der Waals surface area contributed by atoms with Crippen molar-refractivity contribution in [3.05, 3.63) is 12.7 Å². The van der Waals surface area contributed by atoms with Gasteiger partial charge in [0.15, 0.2) is 0 Å². The smallest absolute Gasteiger partial charge is 0.317 e. The Morgan fingerprint density at radius 2 is 0.833 bits per heavy atom. The summed E-state index contributed by atoms with van der Waals surface area (Å²) in [7, 11) is 0. The van der Waals surface area contributed by atoms with Crippen molar-refractivity contribution in [2.24, 2.45) is 0 Å². The number of carboxylic acids is 3. The molecule has 1 aliphatic rings. The number of carbonyl (C=O) groups is 3. The van der Waals surface area contributed by atoms with Gasteiger partial charge in [-0.15, -0.1) is 0 Å². The maximum atomic E-state index is 11.4. The van der Waals surface area contributed by atoms with Crippen LogP contribution in [0.1, 0.15) is 5.56 Å². The van der Waals surface area contributed by atoms with Crippen molar-refractivity contribution >= 4 is 63.1 Å². The second kappa shape index (κ2) is 14.3. The summed E-state index contributed by atoms with van der Waals surface area (Å²) in [5.41, 5.74) is 0.205. The molecule has 1 heterocycles. The number of benzene rings is 1. The number of hydrogen-bond acceptors (Lipinski definition) is 10. The number of nitrogens with zero attached hydrogens (tertiary/aromatic N) is 4. The molecule has 0 amide bonds. The first-order chi connectivity index (χ1) is 16.9. The van der Waals surface area contributed by atoms with Gasteiger partial charge in [0, 0.05) is 58.9 Å². The molecule has 0 aromatic heterocycles. The maximum Gasteiger partial charge on any atom is 0.317 e. The minimum Gasteiger partial charge on any atom is -0.506 e. The second-order valence-corrected chi connectivity index (χ2v) is 10.6. The lowest BCUT2D eigenvalue weighted by molar-refractivity contribution is -0.140. The molecule has 15 heteroatoms. The summed E-state index contributed by atoms with van der Waals surface area (Å²) in [6.45, 7) is 1.78. The van der Waals surface area contributed by atoms with Crippen LogP contribution in [-0.4, -0.2) is 140 Å². The molecule has 0 atom stereocenters. The molecule has 1 aromatic rings. The molecule has 1 saturated heterocycles. The number of phenolic OH excluding ortho intramolecular Hbond substituents is 3. The quantitative estimate of drug-likeness (QED) is 0.196. The summed E-state index contributed by atoms with van der Waals surface area (Å²) in [6, 6.07) is 0. The topological polar surface area (TPSA) is 186 Å². The van der Waals surface area contributed by atoms with Crippen molar-refractivity contribution in [2.45, 2.75) is 6.54 Å². The predicted molar refractivity (Wildman–Crippen MR) is 144 cm³/mol. The SMILES string of the molecule is O=C(O)CN1CCN(CC(=O)O)CCN(Cc2c(O)c(I)c(O)c(I)c2O)CCN(CC(=O)O)CC1. The molecule has 0 saturated carbocycles. The Balaban J connectivity index is 2.31. The molecule has 0 radical (unpaired) electrons. The van der Waals surface area contributed by atoms with E-state index in [1.165, 1.54) is 0 Å². The van der Waals surface area contributed by atoms with Gasteiger partial charge < -0.3 is 30.6 Å². The molecule has 2 rings (SSSR count). The number of phenols is 3.